The fourth-order valence-electron chi connectivity index (χ4n) is 3.25. The van der Waals surface area contributed by atoms with Crippen LogP contribution in [0.4, 0.5) is 5.88 Å². The van der Waals surface area contributed by atoms with E-state index in [4.69, 9.17) is 9.15 Å². The van der Waals surface area contributed by atoms with Gasteiger partial charge in [-0.15, -0.1) is 0 Å². The van der Waals surface area contributed by atoms with E-state index in [1.807, 2.05) is 47.4 Å². The molecule has 1 aliphatic rings. The van der Waals surface area contributed by atoms with Gasteiger partial charge in [0.2, 0.25) is 0 Å². The van der Waals surface area contributed by atoms with Crippen molar-refractivity contribution in [1.29, 1.82) is 0 Å². The molecule has 0 unspecified atom stereocenters. The zero-order valence-corrected chi connectivity index (χ0v) is 14.8. The lowest BCUT2D eigenvalue weighted by Crippen LogP contribution is -2.36. The van der Waals surface area contributed by atoms with Crippen molar-refractivity contribution in [3.05, 3.63) is 76.5 Å². The molecule has 0 radical (unpaired) electrons. The van der Waals surface area contributed by atoms with Crippen LogP contribution in [0.2, 0.25) is 0 Å². The van der Waals surface area contributed by atoms with Gasteiger partial charge < -0.3 is 14.1 Å². The smallest absolute Gasteiger partial charge is 0.200 e. The van der Waals surface area contributed by atoms with Gasteiger partial charge in [0.15, 0.2) is 17.6 Å². The van der Waals surface area contributed by atoms with Crippen molar-refractivity contribution in [2.24, 2.45) is 0 Å². The number of aldehydes is 1. The van der Waals surface area contributed by atoms with Crippen molar-refractivity contribution in [3.63, 3.8) is 0 Å². The Hall–Kier alpha value is -3.18. The fourth-order valence-corrected chi connectivity index (χ4v) is 3.25. The first-order chi connectivity index (χ1) is 13.2. The van der Waals surface area contributed by atoms with Gasteiger partial charge in [-0.05, 0) is 17.2 Å². The number of benzene rings is 2. The van der Waals surface area contributed by atoms with E-state index in [9.17, 15) is 9.59 Å². The second-order valence-electron chi connectivity index (χ2n) is 6.38. The molecular weight excluding hydrogens is 342 g/mol. The second-order valence-corrected chi connectivity index (χ2v) is 6.38. The monoisotopic (exact) mass is 361 g/mol. The molecule has 1 saturated heterocycles. The number of morpholine rings is 1. The Morgan fingerprint density at radius 2 is 1.67 bits per heavy atom. The maximum Gasteiger partial charge on any atom is 0.200 e. The number of hydrogen-bond donors (Lipinski definition) is 0. The third-order valence-corrected chi connectivity index (χ3v) is 4.62. The number of nitrogens with zero attached hydrogens (tertiary/aromatic N) is 1. The SMILES string of the molecule is O=Cc1ccccc1-c1cccc(-c2cc(=O)cc(N3CCOCC3)o2)c1. The van der Waals surface area contributed by atoms with Gasteiger partial charge >= 0.3 is 0 Å². The zero-order chi connectivity index (χ0) is 18.6. The van der Waals surface area contributed by atoms with E-state index >= 15 is 0 Å². The van der Waals surface area contributed by atoms with Crippen molar-refractivity contribution >= 4 is 12.2 Å². The van der Waals surface area contributed by atoms with Crippen LogP contribution in [-0.4, -0.2) is 32.6 Å². The van der Waals surface area contributed by atoms with Crippen molar-refractivity contribution in [1.82, 2.24) is 0 Å². The van der Waals surface area contributed by atoms with Crippen LogP contribution in [0, 0.1) is 0 Å². The van der Waals surface area contributed by atoms with Gasteiger partial charge in [-0.25, -0.2) is 0 Å². The minimum Gasteiger partial charge on any atom is -0.440 e. The van der Waals surface area contributed by atoms with E-state index in [0.717, 1.165) is 23.0 Å². The summed E-state index contributed by atoms with van der Waals surface area (Å²) in [5.41, 5.74) is 3.06. The van der Waals surface area contributed by atoms with Crippen LogP contribution in [0.1, 0.15) is 10.4 Å². The number of ether oxygens (including phenoxy) is 1. The highest BCUT2D eigenvalue weighted by Gasteiger charge is 2.15. The Morgan fingerprint density at radius 3 is 2.48 bits per heavy atom. The molecule has 5 nitrogen and oxygen atoms in total. The van der Waals surface area contributed by atoms with Crippen LogP contribution < -0.4 is 10.3 Å². The quantitative estimate of drug-likeness (QED) is 0.664. The number of carbonyl (C=O) groups is 1. The van der Waals surface area contributed by atoms with Crippen LogP contribution in [0.25, 0.3) is 22.5 Å². The normalized spacial score (nSPS) is 14.1. The van der Waals surface area contributed by atoms with Crippen molar-refractivity contribution < 1.29 is 13.9 Å². The number of anilines is 1. The highest BCUT2D eigenvalue weighted by molar-refractivity contribution is 5.88. The molecule has 0 amide bonds. The van der Waals surface area contributed by atoms with Crippen LogP contribution >= 0.6 is 0 Å². The van der Waals surface area contributed by atoms with E-state index in [2.05, 4.69) is 0 Å². The van der Waals surface area contributed by atoms with Crippen molar-refractivity contribution in [2.75, 3.05) is 31.2 Å². The molecule has 4 rings (SSSR count). The number of rotatable bonds is 4. The Balaban J connectivity index is 1.75. The second kappa shape index (κ2) is 7.60. The fraction of sp³-hybridized carbons (Fsp3) is 0.182. The van der Waals surface area contributed by atoms with Gasteiger partial charge in [-0.2, -0.15) is 0 Å². The van der Waals surface area contributed by atoms with E-state index in [1.54, 1.807) is 6.07 Å². The largest absolute Gasteiger partial charge is 0.440 e. The maximum atomic E-state index is 12.2. The zero-order valence-electron chi connectivity index (χ0n) is 14.8. The van der Waals surface area contributed by atoms with Crippen LogP contribution in [0.3, 0.4) is 0 Å². The predicted molar refractivity (Wildman–Crippen MR) is 104 cm³/mol. The lowest BCUT2D eigenvalue weighted by molar-refractivity contribution is 0.112. The van der Waals surface area contributed by atoms with Crippen LogP contribution in [0.15, 0.2) is 69.9 Å². The number of carbonyl (C=O) groups excluding carboxylic acids is 1. The molecule has 1 aromatic heterocycles. The first-order valence-corrected chi connectivity index (χ1v) is 8.87. The molecule has 1 fully saturated rings. The van der Waals surface area contributed by atoms with Gasteiger partial charge in [-0.1, -0.05) is 42.5 Å². The molecule has 0 N–H and O–H groups in total. The summed E-state index contributed by atoms with van der Waals surface area (Å²) in [6.45, 7) is 2.62. The molecule has 0 bridgehead atoms. The summed E-state index contributed by atoms with van der Waals surface area (Å²) in [7, 11) is 0. The third-order valence-electron chi connectivity index (χ3n) is 4.62. The van der Waals surface area contributed by atoms with E-state index in [0.29, 0.717) is 43.5 Å². The van der Waals surface area contributed by atoms with Crippen molar-refractivity contribution in [3.8, 4) is 22.5 Å². The molecule has 1 aliphatic heterocycles. The van der Waals surface area contributed by atoms with E-state index in [-0.39, 0.29) is 5.43 Å². The van der Waals surface area contributed by atoms with Gasteiger partial charge in [0.1, 0.15) is 5.76 Å². The highest BCUT2D eigenvalue weighted by Crippen LogP contribution is 2.29. The average Bonchev–Trinajstić information content (AvgIpc) is 2.74. The summed E-state index contributed by atoms with van der Waals surface area (Å²) in [6.07, 6.45) is 0.848. The molecule has 2 aromatic carbocycles. The maximum absolute atomic E-state index is 12.2. The predicted octanol–water partition coefficient (Wildman–Crippen LogP) is 3.62. The third kappa shape index (κ3) is 3.68. The molecule has 5 heteroatoms. The Kier molecular flexibility index (Phi) is 4.85. The molecule has 2 heterocycles. The summed E-state index contributed by atoms with van der Waals surface area (Å²) in [4.78, 5) is 25.6. The molecule has 136 valence electrons. The summed E-state index contributed by atoms with van der Waals surface area (Å²) in [6, 6.07) is 18.1. The molecule has 27 heavy (non-hydrogen) atoms. The summed E-state index contributed by atoms with van der Waals surface area (Å²) < 4.78 is 11.4. The first kappa shape index (κ1) is 17.2. The highest BCUT2D eigenvalue weighted by atomic mass is 16.5. The van der Waals surface area contributed by atoms with Crippen molar-refractivity contribution in [2.45, 2.75) is 0 Å². The standard InChI is InChI=1S/C22H19NO4/c24-15-18-4-1-2-7-20(18)16-5-3-6-17(12-16)21-13-19(25)14-22(27-21)23-8-10-26-11-9-23/h1-7,12-15H,8-11H2. The molecule has 3 aromatic rings. The Bertz CT molecular complexity index is 1020. The van der Waals surface area contributed by atoms with Gasteiger partial charge in [0.25, 0.3) is 0 Å². The topological polar surface area (TPSA) is 59.8 Å². The van der Waals surface area contributed by atoms with Crippen LogP contribution in [-0.2, 0) is 4.74 Å². The van der Waals surface area contributed by atoms with E-state index in [1.165, 1.54) is 12.1 Å². The lowest BCUT2D eigenvalue weighted by atomic mass is 9.98. The Labute approximate surface area is 156 Å². The lowest BCUT2D eigenvalue weighted by Gasteiger charge is -2.27. The minimum atomic E-state index is -0.101. The van der Waals surface area contributed by atoms with Gasteiger partial charge in [-0.3, -0.25) is 9.59 Å². The summed E-state index contributed by atoms with van der Waals surface area (Å²) in [5.74, 6) is 1.06. The summed E-state index contributed by atoms with van der Waals surface area (Å²) >= 11 is 0. The molecule has 0 aliphatic carbocycles. The van der Waals surface area contributed by atoms with Crippen LogP contribution in [0.5, 0.6) is 0 Å². The molecule has 0 saturated carbocycles. The van der Waals surface area contributed by atoms with Gasteiger partial charge in [0.05, 0.1) is 13.2 Å². The first-order valence-electron chi connectivity index (χ1n) is 8.87. The molecule has 0 atom stereocenters. The van der Waals surface area contributed by atoms with Gasteiger partial charge in [0, 0.05) is 36.3 Å². The number of hydrogen-bond acceptors (Lipinski definition) is 5. The Morgan fingerprint density at radius 1 is 0.889 bits per heavy atom. The molecule has 0 spiro atoms. The average molecular weight is 361 g/mol. The summed E-state index contributed by atoms with van der Waals surface area (Å²) in [5, 5.41) is 0. The molecular formula is C22H19NO4. The minimum absolute atomic E-state index is 0.101. The van der Waals surface area contributed by atoms with E-state index < -0.39 is 0 Å².